The highest BCUT2D eigenvalue weighted by atomic mass is 35.5. The maximum Gasteiger partial charge on any atom is 0.339 e. The second-order valence-electron chi connectivity index (χ2n) is 5.62. The highest BCUT2D eigenvalue weighted by Crippen LogP contribution is 2.27. The molecule has 1 amide bonds. The lowest BCUT2D eigenvalue weighted by Gasteiger charge is -2.06. The Morgan fingerprint density at radius 3 is 2.54 bits per heavy atom. The van der Waals surface area contributed by atoms with Crippen molar-refractivity contribution < 1.29 is 24.2 Å². The van der Waals surface area contributed by atoms with Crippen molar-refractivity contribution >= 4 is 29.2 Å². The maximum atomic E-state index is 12.3. The normalized spacial score (nSPS) is 10.5. The lowest BCUT2D eigenvalue weighted by atomic mass is 10.1. The molecule has 0 atom stereocenters. The van der Waals surface area contributed by atoms with Gasteiger partial charge in [0.2, 0.25) is 0 Å². The van der Waals surface area contributed by atoms with Gasteiger partial charge < -0.3 is 19.9 Å². The van der Waals surface area contributed by atoms with E-state index < -0.39 is 11.9 Å². The van der Waals surface area contributed by atoms with Crippen molar-refractivity contribution in [3.8, 4) is 17.1 Å². The standard InChI is InChI=1S/C19H14ClNO5/c1-10-2-3-11(8-14(10)20)16-6-7-17(26-16)18(23)21-12-4-5-15(22)13(9-12)19(24)25/h2-9,22H,1H3,(H,21,23)(H,24,25). The third-order valence-corrected chi connectivity index (χ3v) is 4.18. The number of anilines is 1. The number of phenols is 1. The van der Waals surface area contributed by atoms with Crippen LogP contribution in [0.3, 0.4) is 0 Å². The second kappa shape index (κ2) is 6.93. The molecule has 1 aromatic heterocycles. The SMILES string of the molecule is Cc1ccc(-c2ccc(C(=O)Nc3ccc(O)c(C(=O)O)c3)o2)cc1Cl. The van der Waals surface area contributed by atoms with Gasteiger partial charge in [0, 0.05) is 16.3 Å². The quantitative estimate of drug-likeness (QED) is 0.583. The average Bonchev–Trinajstić information content (AvgIpc) is 3.09. The predicted octanol–water partition coefficient (Wildman–Crippen LogP) is 4.56. The van der Waals surface area contributed by atoms with Crippen molar-refractivity contribution in [3.05, 3.63) is 70.4 Å². The Kier molecular flexibility index (Phi) is 4.69. The van der Waals surface area contributed by atoms with Crippen LogP contribution >= 0.6 is 11.6 Å². The van der Waals surface area contributed by atoms with Crippen LogP contribution < -0.4 is 5.32 Å². The number of aryl methyl sites for hydroxylation is 1. The van der Waals surface area contributed by atoms with E-state index in [2.05, 4.69) is 5.32 Å². The molecule has 0 bridgehead atoms. The highest BCUT2D eigenvalue weighted by molar-refractivity contribution is 6.31. The lowest BCUT2D eigenvalue weighted by Crippen LogP contribution is -2.11. The van der Waals surface area contributed by atoms with Crippen molar-refractivity contribution in [2.24, 2.45) is 0 Å². The molecular weight excluding hydrogens is 358 g/mol. The number of nitrogens with one attached hydrogen (secondary N) is 1. The first-order valence-corrected chi connectivity index (χ1v) is 7.97. The molecule has 7 heteroatoms. The number of carbonyl (C=O) groups excluding carboxylic acids is 1. The molecule has 132 valence electrons. The van der Waals surface area contributed by atoms with E-state index in [1.165, 1.54) is 24.3 Å². The Hall–Kier alpha value is -3.25. The van der Waals surface area contributed by atoms with Gasteiger partial charge >= 0.3 is 5.97 Å². The molecule has 0 radical (unpaired) electrons. The molecule has 26 heavy (non-hydrogen) atoms. The van der Waals surface area contributed by atoms with Crippen LogP contribution in [0.25, 0.3) is 11.3 Å². The Morgan fingerprint density at radius 2 is 1.85 bits per heavy atom. The Balaban J connectivity index is 1.81. The van der Waals surface area contributed by atoms with Gasteiger partial charge in [-0.15, -0.1) is 0 Å². The summed E-state index contributed by atoms with van der Waals surface area (Å²) in [5.74, 6) is -1.69. The van der Waals surface area contributed by atoms with Crippen LogP contribution in [-0.4, -0.2) is 22.1 Å². The van der Waals surface area contributed by atoms with E-state index in [0.29, 0.717) is 10.8 Å². The van der Waals surface area contributed by atoms with Crippen LogP contribution in [0, 0.1) is 6.92 Å². The summed E-state index contributed by atoms with van der Waals surface area (Å²) in [5, 5.41) is 21.6. The summed E-state index contributed by atoms with van der Waals surface area (Å²) in [4.78, 5) is 23.3. The molecule has 3 rings (SSSR count). The summed E-state index contributed by atoms with van der Waals surface area (Å²) in [6.07, 6.45) is 0. The van der Waals surface area contributed by atoms with Crippen molar-refractivity contribution in [2.45, 2.75) is 6.92 Å². The molecule has 0 aliphatic rings. The minimum absolute atomic E-state index is 0.0571. The van der Waals surface area contributed by atoms with Crippen LogP contribution in [0.1, 0.15) is 26.5 Å². The van der Waals surface area contributed by atoms with Gasteiger partial charge in [-0.1, -0.05) is 23.7 Å². The number of amides is 1. The summed E-state index contributed by atoms with van der Waals surface area (Å²) in [6.45, 7) is 1.89. The average molecular weight is 372 g/mol. The molecule has 3 aromatic rings. The number of carboxylic acid groups (broad SMARTS) is 1. The molecular formula is C19H14ClNO5. The molecule has 0 aliphatic heterocycles. The number of hydrogen-bond donors (Lipinski definition) is 3. The van der Waals surface area contributed by atoms with E-state index >= 15 is 0 Å². The van der Waals surface area contributed by atoms with Gasteiger partial charge in [-0.25, -0.2) is 4.79 Å². The number of aromatic carboxylic acids is 1. The molecule has 0 saturated carbocycles. The van der Waals surface area contributed by atoms with E-state index in [1.807, 2.05) is 19.1 Å². The fraction of sp³-hybridized carbons (Fsp3) is 0.0526. The number of halogens is 1. The van der Waals surface area contributed by atoms with Crippen molar-refractivity contribution in [3.63, 3.8) is 0 Å². The first kappa shape index (κ1) is 17.6. The summed E-state index contributed by atoms with van der Waals surface area (Å²) in [5.41, 5.74) is 1.58. The van der Waals surface area contributed by atoms with Gasteiger partial charge in [-0.2, -0.15) is 0 Å². The summed E-state index contributed by atoms with van der Waals surface area (Å²) in [6, 6.07) is 12.3. The number of furan rings is 1. The molecule has 2 aromatic carbocycles. The van der Waals surface area contributed by atoms with Gasteiger partial charge in [0.1, 0.15) is 17.1 Å². The van der Waals surface area contributed by atoms with Crippen LogP contribution in [0.2, 0.25) is 5.02 Å². The number of benzene rings is 2. The molecule has 0 spiro atoms. The molecule has 0 saturated heterocycles. The van der Waals surface area contributed by atoms with Gasteiger partial charge in [0.15, 0.2) is 5.76 Å². The van der Waals surface area contributed by atoms with E-state index in [-0.39, 0.29) is 22.8 Å². The minimum Gasteiger partial charge on any atom is -0.507 e. The minimum atomic E-state index is -1.30. The maximum absolute atomic E-state index is 12.3. The number of carboxylic acids is 1. The van der Waals surface area contributed by atoms with Crippen LogP contribution in [-0.2, 0) is 0 Å². The third kappa shape index (κ3) is 3.55. The number of aromatic hydroxyl groups is 1. The van der Waals surface area contributed by atoms with Crippen molar-refractivity contribution in [2.75, 3.05) is 5.32 Å². The first-order valence-electron chi connectivity index (χ1n) is 7.59. The fourth-order valence-electron chi connectivity index (χ4n) is 2.34. The van der Waals surface area contributed by atoms with Gasteiger partial charge in [0.05, 0.1) is 0 Å². The Morgan fingerprint density at radius 1 is 1.08 bits per heavy atom. The fourth-order valence-corrected chi connectivity index (χ4v) is 2.52. The molecule has 3 N–H and O–H groups in total. The van der Waals surface area contributed by atoms with Crippen LogP contribution in [0.5, 0.6) is 5.75 Å². The molecule has 0 fully saturated rings. The summed E-state index contributed by atoms with van der Waals surface area (Å²) < 4.78 is 5.56. The van der Waals surface area contributed by atoms with Crippen molar-refractivity contribution in [1.82, 2.24) is 0 Å². The van der Waals surface area contributed by atoms with E-state index in [4.69, 9.17) is 21.1 Å². The predicted molar refractivity (Wildman–Crippen MR) is 96.9 cm³/mol. The second-order valence-corrected chi connectivity index (χ2v) is 6.03. The largest absolute Gasteiger partial charge is 0.507 e. The van der Waals surface area contributed by atoms with Crippen molar-refractivity contribution in [1.29, 1.82) is 0 Å². The van der Waals surface area contributed by atoms with Gasteiger partial charge in [-0.05, 0) is 48.9 Å². The smallest absolute Gasteiger partial charge is 0.339 e. The van der Waals surface area contributed by atoms with Gasteiger partial charge in [-0.3, -0.25) is 4.79 Å². The molecule has 0 aliphatic carbocycles. The van der Waals surface area contributed by atoms with Crippen LogP contribution in [0.4, 0.5) is 5.69 Å². The van der Waals surface area contributed by atoms with E-state index in [1.54, 1.807) is 12.1 Å². The van der Waals surface area contributed by atoms with Gasteiger partial charge in [0.25, 0.3) is 5.91 Å². The van der Waals surface area contributed by atoms with E-state index in [0.717, 1.165) is 11.1 Å². The zero-order valence-electron chi connectivity index (χ0n) is 13.6. The summed E-state index contributed by atoms with van der Waals surface area (Å²) >= 11 is 6.10. The highest BCUT2D eigenvalue weighted by Gasteiger charge is 2.15. The number of hydrogen-bond acceptors (Lipinski definition) is 4. The molecule has 0 unspecified atom stereocenters. The Labute approximate surface area is 153 Å². The monoisotopic (exact) mass is 371 g/mol. The van der Waals surface area contributed by atoms with E-state index in [9.17, 15) is 14.7 Å². The lowest BCUT2D eigenvalue weighted by molar-refractivity contribution is 0.0693. The first-order chi connectivity index (χ1) is 12.3. The topological polar surface area (TPSA) is 99.8 Å². The molecule has 6 nitrogen and oxygen atoms in total. The number of rotatable bonds is 4. The third-order valence-electron chi connectivity index (χ3n) is 3.77. The zero-order valence-corrected chi connectivity index (χ0v) is 14.4. The molecule has 1 heterocycles. The van der Waals surface area contributed by atoms with Crippen LogP contribution in [0.15, 0.2) is 52.9 Å². The number of carbonyl (C=O) groups is 2. The summed E-state index contributed by atoms with van der Waals surface area (Å²) in [7, 11) is 0. The Bertz CT molecular complexity index is 1010. The zero-order chi connectivity index (χ0) is 18.8.